The first-order valence-electron chi connectivity index (χ1n) is 3.35. The summed E-state index contributed by atoms with van der Waals surface area (Å²) >= 11 is 3.63. The standard InChI is InChI=1S/C7HF3I2N2O/c8-7(9,10)15-5-1-3(11)6(12)4(2-13)14-5/h1H. The van der Waals surface area contributed by atoms with Crippen LogP contribution in [0.3, 0.4) is 0 Å². The van der Waals surface area contributed by atoms with Gasteiger partial charge in [-0.1, -0.05) is 0 Å². The van der Waals surface area contributed by atoms with Crippen LogP contribution in [0, 0.1) is 18.5 Å². The SMILES string of the molecule is N#Cc1nc(OC(F)(F)F)cc(I)c1I. The second kappa shape index (κ2) is 4.69. The van der Waals surface area contributed by atoms with Gasteiger partial charge in [-0.2, -0.15) is 5.26 Å². The quantitative estimate of drug-likeness (QED) is 0.632. The van der Waals surface area contributed by atoms with Gasteiger partial charge in [-0.25, -0.2) is 4.98 Å². The third kappa shape index (κ3) is 3.63. The lowest BCUT2D eigenvalue weighted by atomic mass is 10.4. The van der Waals surface area contributed by atoms with Crippen molar-refractivity contribution < 1.29 is 17.9 Å². The van der Waals surface area contributed by atoms with E-state index in [0.717, 1.165) is 6.07 Å². The van der Waals surface area contributed by atoms with Crippen LogP contribution in [0.4, 0.5) is 13.2 Å². The maximum atomic E-state index is 11.9. The highest BCUT2D eigenvalue weighted by atomic mass is 127. The molecular formula is C7HF3I2N2O. The topological polar surface area (TPSA) is 45.9 Å². The molecule has 3 nitrogen and oxygen atoms in total. The molecule has 1 heterocycles. The van der Waals surface area contributed by atoms with Gasteiger partial charge >= 0.3 is 6.36 Å². The lowest BCUT2D eigenvalue weighted by Gasteiger charge is -2.08. The van der Waals surface area contributed by atoms with E-state index >= 15 is 0 Å². The van der Waals surface area contributed by atoms with Gasteiger partial charge in [0.05, 0.1) is 3.57 Å². The van der Waals surface area contributed by atoms with Crippen molar-refractivity contribution in [3.8, 4) is 11.9 Å². The van der Waals surface area contributed by atoms with Crippen LogP contribution in [0.2, 0.25) is 0 Å². The van der Waals surface area contributed by atoms with Crippen molar-refractivity contribution in [2.24, 2.45) is 0 Å². The number of alkyl halides is 3. The fourth-order valence-corrected chi connectivity index (χ4v) is 1.64. The minimum atomic E-state index is -4.80. The van der Waals surface area contributed by atoms with E-state index in [4.69, 9.17) is 5.26 Å². The molecule has 0 saturated carbocycles. The Morgan fingerprint density at radius 2 is 2.00 bits per heavy atom. The van der Waals surface area contributed by atoms with Gasteiger partial charge in [-0.15, -0.1) is 13.2 Å². The first kappa shape index (κ1) is 12.8. The third-order valence-corrected chi connectivity index (χ3v) is 4.19. The Balaban J connectivity index is 3.13. The highest BCUT2D eigenvalue weighted by Gasteiger charge is 2.32. The van der Waals surface area contributed by atoms with Gasteiger partial charge < -0.3 is 4.74 Å². The molecule has 1 aromatic heterocycles. The Hall–Kier alpha value is -0.310. The van der Waals surface area contributed by atoms with Crippen LogP contribution in [0.25, 0.3) is 0 Å². The van der Waals surface area contributed by atoms with Gasteiger partial charge in [0.2, 0.25) is 5.88 Å². The maximum Gasteiger partial charge on any atom is 0.574 e. The number of aromatic nitrogens is 1. The molecule has 0 bridgehead atoms. The maximum absolute atomic E-state index is 11.9. The summed E-state index contributed by atoms with van der Waals surface area (Å²) in [5, 5.41) is 8.61. The lowest BCUT2D eigenvalue weighted by molar-refractivity contribution is -0.276. The molecule has 0 unspecified atom stereocenters. The number of rotatable bonds is 1. The monoisotopic (exact) mass is 440 g/mol. The smallest absolute Gasteiger partial charge is 0.388 e. The predicted molar refractivity (Wildman–Crippen MR) is 61.1 cm³/mol. The van der Waals surface area contributed by atoms with Gasteiger partial charge in [0, 0.05) is 9.64 Å². The van der Waals surface area contributed by atoms with Gasteiger partial charge in [0.15, 0.2) is 5.69 Å². The zero-order valence-electron chi connectivity index (χ0n) is 6.77. The third-order valence-electron chi connectivity index (χ3n) is 1.22. The van der Waals surface area contributed by atoms with E-state index in [2.05, 4.69) is 9.72 Å². The van der Waals surface area contributed by atoms with Crippen molar-refractivity contribution in [2.75, 3.05) is 0 Å². The number of hydrogen-bond donors (Lipinski definition) is 0. The number of hydrogen-bond acceptors (Lipinski definition) is 3. The predicted octanol–water partition coefficient (Wildman–Crippen LogP) is 3.06. The average Bonchev–Trinajstić information content (AvgIpc) is 2.08. The molecule has 0 aliphatic carbocycles. The first-order chi connectivity index (χ1) is 6.83. The Morgan fingerprint density at radius 3 is 2.47 bits per heavy atom. The second-order valence-corrected chi connectivity index (χ2v) is 4.51. The molecule has 0 atom stereocenters. The number of ether oxygens (including phenoxy) is 1. The summed E-state index contributed by atoms with van der Waals surface area (Å²) in [5.74, 6) is -0.621. The van der Waals surface area contributed by atoms with Gasteiger partial charge in [0.25, 0.3) is 0 Å². The Morgan fingerprint density at radius 1 is 1.40 bits per heavy atom. The van der Waals surface area contributed by atoms with Crippen LogP contribution >= 0.6 is 45.2 Å². The number of pyridine rings is 1. The molecule has 1 rings (SSSR count). The molecular weight excluding hydrogens is 439 g/mol. The van der Waals surface area contributed by atoms with E-state index in [-0.39, 0.29) is 5.69 Å². The van der Waals surface area contributed by atoms with Crippen LogP contribution in [0.15, 0.2) is 6.07 Å². The van der Waals surface area contributed by atoms with E-state index in [1.807, 2.05) is 22.6 Å². The summed E-state index contributed by atoms with van der Waals surface area (Å²) in [6.45, 7) is 0. The van der Waals surface area contributed by atoms with Crippen LogP contribution in [-0.2, 0) is 0 Å². The lowest BCUT2D eigenvalue weighted by Crippen LogP contribution is -2.18. The summed E-state index contributed by atoms with van der Waals surface area (Å²) in [6, 6.07) is 2.81. The fraction of sp³-hybridized carbons (Fsp3) is 0.143. The first-order valence-corrected chi connectivity index (χ1v) is 5.51. The number of nitrogens with zero attached hydrogens (tertiary/aromatic N) is 2. The summed E-state index contributed by atoms with van der Waals surface area (Å²) in [7, 11) is 0. The molecule has 80 valence electrons. The molecule has 0 N–H and O–H groups in total. The molecule has 0 radical (unpaired) electrons. The van der Waals surface area contributed by atoms with E-state index < -0.39 is 12.2 Å². The molecule has 0 amide bonds. The Bertz CT molecular complexity index is 427. The zero-order chi connectivity index (χ0) is 11.6. The van der Waals surface area contributed by atoms with Crippen LogP contribution in [0.1, 0.15) is 5.69 Å². The van der Waals surface area contributed by atoms with E-state index in [1.54, 1.807) is 28.7 Å². The molecule has 0 aromatic carbocycles. The fourth-order valence-electron chi connectivity index (χ4n) is 0.721. The van der Waals surface area contributed by atoms with Crippen molar-refractivity contribution in [1.29, 1.82) is 5.26 Å². The second-order valence-electron chi connectivity index (χ2n) is 2.26. The summed E-state index contributed by atoms with van der Waals surface area (Å²) in [5.41, 5.74) is -0.0817. The van der Waals surface area contributed by atoms with Crippen LogP contribution in [0.5, 0.6) is 5.88 Å². The molecule has 15 heavy (non-hydrogen) atoms. The summed E-state index contributed by atoms with van der Waals surface area (Å²) < 4.78 is 40.2. The van der Waals surface area contributed by atoms with Crippen molar-refractivity contribution in [3.05, 3.63) is 18.9 Å². The van der Waals surface area contributed by atoms with Crippen molar-refractivity contribution in [1.82, 2.24) is 4.98 Å². The van der Waals surface area contributed by atoms with Crippen molar-refractivity contribution >= 4 is 45.2 Å². The van der Waals surface area contributed by atoms with E-state index in [1.165, 1.54) is 0 Å². The summed E-state index contributed by atoms with van der Waals surface area (Å²) in [6.07, 6.45) is -4.80. The molecule has 0 saturated heterocycles. The highest BCUT2D eigenvalue weighted by molar-refractivity contribution is 14.1. The van der Waals surface area contributed by atoms with Gasteiger partial charge in [-0.05, 0) is 45.2 Å². The van der Waals surface area contributed by atoms with Gasteiger partial charge in [0.1, 0.15) is 6.07 Å². The normalized spacial score (nSPS) is 10.9. The molecule has 1 aromatic rings. The minimum Gasteiger partial charge on any atom is -0.388 e. The van der Waals surface area contributed by atoms with Crippen LogP contribution in [-0.4, -0.2) is 11.3 Å². The summed E-state index contributed by atoms with van der Waals surface area (Å²) in [4.78, 5) is 3.42. The molecule has 8 heteroatoms. The van der Waals surface area contributed by atoms with Crippen molar-refractivity contribution in [2.45, 2.75) is 6.36 Å². The zero-order valence-corrected chi connectivity index (χ0v) is 11.1. The largest absolute Gasteiger partial charge is 0.574 e. The van der Waals surface area contributed by atoms with E-state index in [0.29, 0.717) is 7.14 Å². The molecule has 0 aliphatic heterocycles. The molecule has 0 spiro atoms. The number of nitriles is 1. The minimum absolute atomic E-state index is 0.0817. The van der Waals surface area contributed by atoms with Crippen molar-refractivity contribution in [3.63, 3.8) is 0 Å². The molecule has 0 fully saturated rings. The molecule has 0 aliphatic rings. The van der Waals surface area contributed by atoms with E-state index in [9.17, 15) is 13.2 Å². The Kier molecular flexibility index (Phi) is 3.99. The highest BCUT2D eigenvalue weighted by Crippen LogP contribution is 2.26. The average molecular weight is 440 g/mol. The Labute approximate surface area is 110 Å². The number of halogens is 5. The van der Waals surface area contributed by atoms with Crippen LogP contribution < -0.4 is 4.74 Å². The van der Waals surface area contributed by atoms with Gasteiger partial charge in [-0.3, -0.25) is 0 Å².